The van der Waals surface area contributed by atoms with Gasteiger partial charge in [0.2, 0.25) is 5.91 Å². The molecule has 0 bridgehead atoms. The van der Waals surface area contributed by atoms with E-state index in [1.165, 1.54) is 11.8 Å². The van der Waals surface area contributed by atoms with Gasteiger partial charge in [-0.2, -0.15) is 0 Å². The minimum atomic E-state index is -0.208. The zero-order valence-electron chi connectivity index (χ0n) is 16.5. The maximum absolute atomic E-state index is 12.7. The van der Waals surface area contributed by atoms with Crippen molar-refractivity contribution in [1.29, 1.82) is 0 Å². The Morgan fingerprint density at radius 2 is 2.21 bits per heavy atom. The number of aryl methyl sites for hydroxylation is 1. The van der Waals surface area contributed by atoms with E-state index in [0.29, 0.717) is 22.2 Å². The molecular weight excluding hydrogens is 394 g/mol. The number of fused-ring (bicyclic) bond motifs is 1. The number of hydrogen-bond donors (Lipinski definition) is 2. The second kappa shape index (κ2) is 8.96. The van der Waals surface area contributed by atoms with Crippen LogP contribution in [-0.4, -0.2) is 21.6 Å². The molecule has 0 fully saturated rings. The number of H-pyrrole nitrogens is 1. The Morgan fingerprint density at radius 3 is 2.89 bits per heavy atom. The Bertz CT molecular complexity index is 1010. The lowest BCUT2D eigenvalue weighted by Gasteiger charge is -2.11. The van der Waals surface area contributed by atoms with Gasteiger partial charge in [-0.05, 0) is 43.9 Å². The molecule has 2 N–H and O–H groups in total. The zero-order chi connectivity index (χ0) is 20.3. The normalized spacial score (nSPS) is 13.6. The number of rotatable bonds is 8. The van der Waals surface area contributed by atoms with Gasteiger partial charge in [-0.1, -0.05) is 32.0 Å². The average Bonchev–Trinajstić information content (AvgIpc) is 3.29. The third-order valence-electron chi connectivity index (χ3n) is 4.78. The number of amides is 1. The van der Waals surface area contributed by atoms with Gasteiger partial charge in [0.1, 0.15) is 10.6 Å². The number of nitrogens with zero attached hydrogens (tertiary/aromatic N) is 1. The van der Waals surface area contributed by atoms with Gasteiger partial charge in [0.05, 0.1) is 23.4 Å². The van der Waals surface area contributed by atoms with Crippen LogP contribution in [0.15, 0.2) is 32.8 Å². The molecule has 0 aromatic carbocycles. The first kappa shape index (κ1) is 20.7. The van der Waals surface area contributed by atoms with Crippen LogP contribution in [0.4, 0.5) is 0 Å². The van der Waals surface area contributed by atoms with Gasteiger partial charge in [-0.3, -0.25) is 9.59 Å². The molecule has 3 heterocycles. The van der Waals surface area contributed by atoms with Crippen LogP contribution in [-0.2, 0) is 11.2 Å². The highest BCUT2D eigenvalue weighted by molar-refractivity contribution is 7.99. The van der Waals surface area contributed by atoms with Gasteiger partial charge < -0.3 is 14.7 Å². The van der Waals surface area contributed by atoms with Gasteiger partial charge >= 0.3 is 0 Å². The van der Waals surface area contributed by atoms with Crippen molar-refractivity contribution in [1.82, 2.24) is 15.3 Å². The molecule has 2 atom stereocenters. The molecule has 150 valence electrons. The summed E-state index contributed by atoms with van der Waals surface area (Å²) in [6.07, 6.45) is 3.53. The minimum Gasteiger partial charge on any atom is -0.467 e. The summed E-state index contributed by atoms with van der Waals surface area (Å²) in [5, 5.41) is 4.04. The lowest BCUT2D eigenvalue weighted by Crippen LogP contribution is -2.28. The summed E-state index contributed by atoms with van der Waals surface area (Å²) in [4.78, 5) is 34.2. The molecule has 3 aromatic heterocycles. The van der Waals surface area contributed by atoms with E-state index in [-0.39, 0.29) is 23.3 Å². The molecule has 0 radical (unpaired) electrons. The van der Waals surface area contributed by atoms with Crippen LogP contribution in [0.25, 0.3) is 10.2 Å². The molecule has 0 saturated heterocycles. The molecular formula is C20H25N3O3S2. The smallest absolute Gasteiger partial charge is 0.260 e. The number of thioether (sulfide) groups is 1. The molecule has 0 spiro atoms. The fraction of sp³-hybridized carbons (Fsp3) is 0.450. The Balaban J connectivity index is 1.70. The first-order valence-corrected chi connectivity index (χ1v) is 11.2. The summed E-state index contributed by atoms with van der Waals surface area (Å²) in [5.74, 6) is 1.25. The molecule has 8 heteroatoms. The topological polar surface area (TPSA) is 88.0 Å². The summed E-state index contributed by atoms with van der Waals surface area (Å²) >= 11 is 2.77. The fourth-order valence-electron chi connectivity index (χ4n) is 2.99. The summed E-state index contributed by atoms with van der Waals surface area (Å²) < 4.78 is 5.29. The maximum atomic E-state index is 12.7. The quantitative estimate of drug-likeness (QED) is 0.416. The maximum Gasteiger partial charge on any atom is 0.260 e. The highest BCUT2D eigenvalue weighted by atomic mass is 32.2. The molecule has 28 heavy (non-hydrogen) atoms. The number of furan rings is 1. The van der Waals surface area contributed by atoms with E-state index in [0.717, 1.165) is 28.1 Å². The van der Waals surface area contributed by atoms with E-state index in [9.17, 15) is 9.59 Å². The van der Waals surface area contributed by atoms with Crippen molar-refractivity contribution in [3.8, 4) is 0 Å². The summed E-state index contributed by atoms with van der Waals surface area (Å²) in [7, 11) is 0. The lowest BCUT2D eigenvalue weighted by molar-refractivity contribution is -0.119. The zero-order valence-corrected chi connectivity index (χ0v) is 18.1. The van der Waals surface area contributed by atoms with E-state index in [1.54, 1.807) is 23.7 Å². The first-order chi connectivity index (χ1) is 13.4. The van der Waals surface area contributed by atoms with Crippen molar-refractivity contribution in [3.05, 3.63) is 45.0 Å². The predicted molar refractivity (Wildman–Crippen MR) is 114 cm³/mol. The van der Waals surface area contributed by atoms with Gasteiger partial charge in [0, 0.05) is 4.88 Å². The van der Waals surface area contributed by atoms with Crippen LogP contribution >= 0.6 is 23.1 Å². The Hall–Kier alpha value is -2.06. The highest BCUT2D eigenvalue weighted by Crippen LogP contribution is 2.30. The van der Waals surface area contributed by atoms with Crippen LogP contribution < -0.4 is 10.9 Å². The van der Waals surface area contributed by atoms with E-state index in [2.05, 4.69) is 29.1 Å². The van der Waals surface area contributed by atoms with Crippen molar-refractivity contribution in [3.63, 3.8) is 0 Å². The van der Waals surface area contributed by atoms with Gasteiger partial charge in [0.15, 0.2) is 5.16 Å². The third-order valence-corrected chi connectivity index (χ3v) is 6.69. The van der Waals surface area contributed by atoms with Crippen LogP contribution in [0.5, 0.6) is 0 Å². The van der Waals surface area contributed by atoms with Crippen LogP contribution in [0, 0.1) is 12.8 Å². The van der Waals surface area contributed by atoms with Crippen LogP contribution in [0.2, 0.25) is 0 Å². The van der Waals surface area contributed by atoms with E-state index in [1.807, 2.05) is 19.9 Å². The van der Waals surface area contributed by atoms with Crippen molar-refractivity contribution < 1.29 is 9.21 Å². The number of hydrogen-bond acceptors (Lipinski definition) is 6. The highest BCUT2D eigenvalue weighted by Gasteiger charge is 2.18. The number of aromatic amines is 1. The van der Waals surface area contributed by atoms with E-state index >= 15 is 0 Å². The second-order valence-corrected chi connectivity index (χ2v) is 9.17. The molecule has 0 unspecified atom stereocenters. The van der Waals surface area contributed by atoms with Crippen molar-refractivity contribution in [2.45, 2.75) is 51.7 Å². The van der Waals surface area contributed by atoms with Crippen molar-refractivity contribution in [2.75, 3.05) is 5.75 Å². The Labute approximate surface area is 172 Å². The minimum absolute atomic E-state index is 0.125. The summed E-state index contributed by atoms with van der Waals surface area (Å²) in [6, 6.07) is 3.40. The fourth-order valence-corrected chi connectivity index (χ4v) is 4.77. The van der Waals surface area contributed by atoms with E-state index < -0.39 is 0 Å². The monoisotopic (exact) mass is 419 g/mol. The Morgan fingerprint density at radius 1 is 1.43 bits per heavy atom. The van der Waals surface area contributed by atoms with Crippen molar-refractivity contribution >= 4 is 39.2 Å². The molecule has 6 nitrogen and oxygen atoms in total. The molecule has 1 amide bonds. The molecule has 3 aromatic rings. The van der Waals surface area contributed by atoms with Crippen molar-refractivity contribution in [2.24, 2.45) is 5.92 Å². The van der Waals surface area contributed by atoms with Crippen LogP contribution in [0.3, 0.4) is 0 Å². The standard InChI is InChI=1S/C20H25N3O3S2/c1-5-11(2)9-14-13(4)28-19-17(14)18(25)22-20(23-19)27-10-16(24)21-12(3)15-7-6-8-26-15/h6-8,11-12H,5,9-10H2,1-4H3,(H,21,24)(H,22,23,25)/t11-,12+/m0/s1. The SMILES string of the molecule is CC[C@H](C)Cc1c(C)sc2nc(SCC(=O)N[C@H](C)c3ccco3)[nH]c(=O)c12. The number of nitrogens with one attached hydrogen (secondary N) is 2. The molecule has 3 rings (SSSR count). The molecule has 0 saturated carbocycles. The second-order valence-electron chi connectivity index (χ2n) is 7.00. The lowest BCUT2D eigenvalue weighted by atomic mass is 9.98. The number of carbonyl (C=O) groups is 1. The van der Waals surface area contributed by atoms with Crippen LogP contribution in [0.1, 0.15) is 49.4 Å². The first-order valence-electron chi connectivity index (χ1n) is 9.36. The summed E-state index contributed by atoms with van der Waals surface area (Å²) in [6.45, 7) is 8.25. The predicted octanol–water partition coefficient (Wildman–Crippen LogP) is 4.44. The van der Waals surface area contributed by atoms with E-state index in [4.69, 9.17) is 4.42 Å². The number of aromatic nitrogens is 2. The Kier molecular flexibility index (Phi) is 6.61. The number of carbonyl (C=O) groups excluding carboxylic acids is 1. The average molecular weight is 420 g/mol. The molecule has 0 aliphatic carbocycles. The van der Waals surface area contributed by atoms with Gasteiger partial charge in [0.25, 0.3) is 5.56 Å². The van der Waals surface area contributed by atoms with Gasteiger partial charge in [-0.15, -0.1) is 11.3 Å². The number of thiophene rings is 1. The molecule has 0 aliphatic heterocycles. The summed E-state index contributed by atoms with van der Waals surface area (Å²) in [5.41, 5.74) is 0.976. The third kappa shape index (κ3) is 4.67. The molecule has 0 aliphatic rings. The van der Waals surface area contributed by atoms with Gasteiger partial charge in [-0.25, -0.2) is 4.98 Å². The largest absolute Gasteiger partial charge is 0.467 e.